The minimum absolute atomic E-state index is 0. The Kier molecular flexibility index (Phi) is 11.6. The van der Waals surface area contributed by atoms with Crippen molar-refractivity contribution in [1.29, 1.82) is 0 Å². The van der Waals surface area contributed by atoms with Gasteiger partial charge in [-0.25, -0.2) is 5.57 Å². The number of rotatable bonds is 0. The van der Waals surface area contributed by atoms with Crippen LogP contribution in [0.15, 0.2) is 47.1 Å². The zero-order valence-corrected chi connectivity index (χ0v) is 17.0. The molecule has 0 aliphatic heterocycles. The van der Waals surface area contributed by atoms with Crippen LogP contribution in [0.4, 0.5) is 0 Å². The van der Waals surface area contributed by atoms with Crippen molar-refractivity contribution in [2.45, 2.75) is 34.6 Å². The zero-order chi connectivity index (χ0) is 14.7. The molecule has 1 aliphatic rings. The number of benzene rings is 1. The fourth-order valence-electron chi connectivity index (χ4n) is 2.26. The Morgan fingerprint density at radius 3 is 2.13 bits per heavy atom. The Hall–Kier alpha value is -0.778. The second-order valence-electron chi connectivity index (χ2n) is 5.36. The van der Waals surface area contributed by atoms with Gasteiger partial charge in [-0.3, -0.25) is 11.1 Å². The van der Waals surface area contributed by atoms with Gasteiger partial charge in [0.2, 0.25) is 0 Å². The molecule has 1 nitrogen and oxygen atoms in total. The minimum atomic E-state index is 0. The fourth-order valence-corrected chi connectivity index (χ4v) is 2.26. The van der Waals surface area contributed by atoms with E-state index in [-0.39, 0.29) is 42.2 Å². The maximum absolute atomic E-state index is 4.32. The number of hydrogen-bond donors (Lipinski definition) is 0. The molecule has 0 amide bonds. The van der Waals surface area contributed by atoms with E-state index in [9.17, 15) is 0 Å². The third kappa shape index (κ3) is 6.32. The van der Waals surface area contributed by atoms with Gasteiger partial charge >= 0.3 is 17.4 Å². The molecule has 3 rings (SSSR count). The summed E-state index contributed by atoms with van der Waals surface area (Å²) >= 11 is 0. The molecular weight excluding hydrogens is 365 g/mol. The summed E-state index contributed by atoms with van der Waals surface area (Å²) in [6.07, 6.45) is 3.36. The van der Waals surface area contributed by atoms with E-state index in [1.807, 2.05) is 31.2 Å². The van der Waals surface area contributed by atoms with Gasteiger partial charge in [0, 0.05) is 5.69 Å². The van der Waals surface area contributed by atoms with E-state index in [1.54, 1.807) is 0 Å². The number of aromatic nitrogens is 1. The molecule has 23 heavy (non-hydrogen) atoms. The van der Waals surface area contributed by atoms with Crippen LogP contribution in [0.3, 0.4) is 0 Å². The van der Waals surface area contributed by atoms with Gasteiger partial charge in [-0.05, 0) is 12.4 Å². The summed E-state index contributed by atoms with van der Waals surface area (Å²) in [5, 5.41) is 1.15. The van der Waals surface area contributed by atoms with Crippen molar-refractivity contribution in [3.8, 4) is 0 Å². The summed E-state index contributed by atoms with van der Waals surface area (Å²) in [7, 11) is 0. The van der Waals surface area contributed by atoms with Crippen molar-refractivity contribution in [1.82, 2.24) is 4.98 Å². The van der Waals surface area contributed by atoms with Crippen LogP contribution in [-0.2, 0) is 17.4 Å². The van der Waals surface area contributed by atoms with Gasteiger partial charge in [-0.15, -0.1) is 43.2 Å². The molecule has 0 spiro atoms. The van der Waals surface area contributed by atoms with Gasteiger partial charge in [0.15, 0.2) is 0 Å². The molecule has 0 N–H and O–H groups in total. The first kappa shape index (κ1) is 24.5. The normalized spacial score (nSPS) is 15.5. The third-order valence-electron chi connectivity index (χ3n) is 3.89. The molecular formula is C19H23Cl2CrN. The van der Waals surface area contributed by atoms with Crippen LogP contribution in [0.5, 0.6) is 0 Å². The Labute approximate surface area is 163 Å². The predicted octanol–water partition coefficient (Wildman–Crippen LogP) is 5.91. The van der Waals surface area contributed by atoms with E-state index in [2.05, 4.69) is 50.9 Å². The van der Waals surface area contributed by atoms with Gasteiger partial charge in [-0.1, -0.05) is 32.8 Å². The van der Waals surface area contributed by atoms with Crippen molar-refractivity contribution in [3.05, 3.63) is 64.9 Å². The molecule has 124 valence electrons. The molecule has 1 atom stereocenters. The van der Waals surface area contributed by atoms with Crippen molar-refractivity contribution in [2.75, 3.05) is 0 Å². The number of halogens is 2. The number of hydrogen-bond acceptors (Lipinski definition) is 1. The maximum Gasteiger partial charge on any atom is 2.00 e. The molecule has 0 saturated carbocycles. The smallest absolute Gasteiger partial charge is 0.280 e. The molecule has 4 heteroatoms. The van der Waals surface area contributed by atoms with Crippen LogP contribution >= 0.6 is 24.8 Å². The standard InChI is InChI=1S/C10H8N.C9H13.2ClH.Cr/c1-8-6-7-9-4-2-3-5-10(9)11-8;1-6-5-7(2)9(4)8(6)3;;;/h2-4,6-7H,1H3;6H,1-4H3;2*1H;/q2*-1;;;+2. The monoisotopic (exact) mass is 387 g/mol. The molecule has 1 aromatic heterocycles. The molecule has 1 unspecified atom stereocenters. The number of allylic oxidation sites excluding steroid dienone is 4. The van der Waals surface area contributed by atoms with Gasteiger partial charge in [0.1, 0.15) is 0 Å². The van der Waals surface area contributed by atoms with E-state index in [4.69, 9.17) is 0 Å². The van der Waals surface area contributed by atoms with Gasteiger partial charge in [0.05, 0.1) is 0 Å². The first-order valence-corrected chi connectivity index (χ1v) is 7.01. The fraction of sp³-hybridized carbons (Fsp3) is 0.316. The first-order chi connectivity index (χ1) is 9.49. The quantitative estimate of drug-likeness (QED) is 0.512. The number of nitrogens with zero attached hydrogens (tertiary/aromatic N) is 1. The number of aryl methyl sites for hydroxylation is 1. The van der Waals surface area contributed by atoms with E-state index >= 15 is 0 Å². The molecule has 0 bridgehead atoms. The Bertz CT molecular complexity index is 693. The topological polar surface area (TPSA) is 12.9 Å². The molecule has 2 aromatic rings. The number of para-hydroxylation sites is 1. The number of pyridine rings is 1. The van der Waals surface area contributed by atoms with Crippen molar-refractivity contribution < 1.29 is 17.4 Å². The number of fused-ring (bicyclic) bond motifs is 1. The Balaban J connectivity index is 0. The van der Waals surface area contributed by atoms with E-state index in [0.29, 0.717) is 5.92 Å². The van der Waals surface area contributed by atoms with E-state index < -0.39 is 0 Å². The van der Waals surface area contributed by atoms with E-state index in [1.165, 1.54) is 16.7 Å². The molecule has 0 radical (unpaired) electrons. The third-order valence-corrected chi connectivity index (χ3v) is 3.89. The summed E-state index contributed by atoms with van der Waals surface area (Å²) in [5.41, 5.74) is 6.24. The van der Waals surface area contributed by atoms with Gasteiger partial charge in [-0.2, -0.15) is 35.4 Å². The summed E-state index contributed by atoms with van der Waals surface area (Å²) in [4.78, 5) is 4.32. The van der Waals surface area contributed by atoms with Crippen LogP contribution in [-0.4, -0.2) is 4.98 Å². The Morgan fingerprint density at radius 1 is 1.00 bits per heavy atom. The summed E-state index contributed by atoms with van der Waals surface area (Å²) in [5.74, 6) is 0.560. The minimum Gasteiger partial charge on any atom is -0.280 e. The van der Waals surface area contributed by atoms with Crippen LogP contribution in [0.25, 0.3) is 10.9 Å². The Morgan fingerprint density at radius 2 is 1.65 bits per heavy atom. The molecule has 1 heterocycles. The molecule has 1 aliphatic carbocycles. The SMILES string of the molecule is CC1=[C-]C(C)C(C)=C1C.Cc1ccc2ccc[c-]c2n1.Cl.Cl.[Cr+2]. The largest absolute Gasteiger partial charge is 2.00 e. The van der Waals surface area contributed by atoms with Crippen LogP contribution in [0.1, 0.15) is 33.4 Å². The molecule has 1 aromatic carbocycles. The van der Waals surface area contributed by atoms with Crippen molar-refractivity contribution >= 4 is 35.7 Å². The van der Waals surface area contributed by atoms with Crippen LogP contribution < -0.4 is 0 Å². The maximum atomic E-state index is 4.32. The summed E-state index contributed by atoms with van der Waals surface area (Å²) in [6.45, 7) is 10.7. The van der Waals surface area contributed by atoms with Crippen molar-refractivity contribution in [3.63, 3.8) is 0 Å². The summed E-state index contributed by atoms with van der Waals surface area (Å²) < 4.78 is 0. The second kappa shape index (κ2) is 10.9. The van der Waals surface area contributed by atoms with Gasteiger partial charge in [0.25, 0.3) is 0 Å². The average Bonchev–Trinajstić information content (AvgIpc) is 2.66. The van der Waals surface area contributed by atoms with Crippen molar-refractivity contribution in [2.24, 2.45) is 5.92 Å². The molecule has 0 saturated heterocycles. The average molecular weight is 388 g/mol. The predicted molar refractivity (Wildman–Crippen MR) is 99.8 cm³/mol. The zero-order valence-electron chi connectivity index (χ0n) is 14.1. The summed E-state index contributed by atoms with van der Waals surface area (Å²) in [6, 6.07) is 13.0. The second-order valence-corrected chi connectivity index (χ2v) is 5.36. The van der Waals surface area contributed by atoms with Crippen LogP contribution in [0, 0.1) is 25.0 Å². The van der Waals surface area contributed by atoms with Gasteiger partial charge < -0.3 is 0 Å². The molecule has 0 fully saturated rings. The van der Waals surface area contributed by atoms with Crippen LogP contribution in [0.2, 0.25) is 0 Å². The first-order valence-electron chi connectivity index (χ1n) is 7.01. The van der Waals surface area contributed by atoms with E-state index in [0.717, 1.165) is 16.6 Å².